The van der Waals surface area contributed by atoms with Crippen LogP contribution < -0.4 is 5.32 Å². The van der Waals surface area contributed by atoms with Gasteiger partial charge in [0.2, 0.25) is 5.91 Å². The molecule has 2 unspecified atom stereocenters. The molecule has 0 saturated carbocycles. The standard InChI is InChI=1S/C73H131NO3/c1-3-5-7-9-11-13-15-17-19-21-23-25-27-29-31-32-33-34-35-36-37-38-39-40-41-42-43-45-47-49-51-53-55-57-59-61-63-65-67-69-73(77)74-71(70-75)72(76)68-66-64-62-60-58-56-54-52-50-48-46-44-30-28-26-24-22-20-18-16-14-12-10-8-6-4-2/h5,7,11,13,17,19,23,25,29,31,33-34,58,60,66,68,71-72,75-76H,3-4,6,8-10,12,14-16,18,20-22,24,26-28,30,32,35-57,59,61-65,67,69-70H2,1-2H3,(H,74,77)/b7-5-,13-11-,19-17-,25-23-,31-29-,34-33-,60-58+,68-66+. The topological polar surface area (TPSA) is 69.6 Å². The molecule has 0 aromatic rings. The Hall–Kier alpha value is -2.69. The minimum absolute atomic E-state index is 0.0702. The second-order valence-corrected chi connectivity index (χ2v) is 22.9. The molecule has 0 saturated heterocycles. The van der Waals surface area contributed by atoms with E-state index in [1.165, 1.54) is 250 Å². The molecule has 1 amide bonds. The van der Waals surface area contributed by atoms with E-state index in [0.717, 1.165) is 70.6 Å². The number of hydrogen-bond donors (Lipinski definition) is 3. The van der Waals surface area contributed by atoms with E-state index in [0.29, 0.717) is 6.42 Å². The predicted octanol–water partition coefficient (Wildman–Crippen LogP) is 23.2. The molecule has 0 bridgehead atoms. The van der Waals surface area contributed by atoms with Gasteiger partial charge in [-0.1, -0.05) is 349 Å². The Kier molecular flexibility index (Phi) is 65.2. The van der Waals surface area contributed by atoms with Crippen molar-refractivity contribution in [1.29, 1.82) is 0 Å². The SMILES string of the molecule is CC/C=C\C/C=C\C/C=C\C/C=C\C/C=C\C/C=C\CCCCCCCCCCCCCCCCCCCCCCC(=O)NC(CO)C(O)/C=C/CC/C=C/CCCCCCCCCCCCCCCCCCCCCC. The van der Waals surface area contributed by atoms with Gasteiger partial charge < -0.3 is 15.5 Å². The number of hydrogen-bond acceptors (Lipinski definition) is 3. The third-order valence-electron chi connectivity index (χ3n) is 15.3. The van der Waals surface area contributed by atoms with Gasteiger partial charge >= 0.3 is 0 Å². The predicted molar refractivity (Wildman–Crippen MR) is 345 cm³/mol. The van der Waals surface area contributed by atoms with Crippen LogP contribution in [-0.4, -0.2) is 34.9 Å². The molecule has 0 aliphatic heterocycles. The highest BCUT2D eigenvalue weighted by Gasteiger charge is 2.18. The highest BCUT2D eigenvalue weighted by atomic mass is 16.3. The summed E-state index contributed by atoms with van der Waals surface area (Å²) in [5.74, 6) is -0.0702. The zero-order valence-electron chi connectivity index (χ0n) is 51.5. The third-order valence-corrected chi connectivity index (χ3v) is 15.3. The second kappa shape index (κ2) is 67.6. The number of nitrogens with one attached hydrogen (secondary N) is 1. The Morgan fingerprint density at radius 3 is 0.909 bits per heavy atom. The maximum Gasteiger partial charge on any atom is 0.220 e. The van der Waals surface area contributed by atoms with E-state index >= 15 is 0 Å². The molecule has 0 fully saturated rings. The van der Waals surface area contributed by atoms with Gasteiger partial charge in [-0.3, -0.25) is 4.79 Å². The summed E-state index contributed by atoms with van der Waals surface area (Å²) in [6.45, 7) is 4.21. The van der Waals surface area contributed by atoms with Crippen molar-refractivity contribution in [2.24, 2.45) is 0 Å². The lowest BCUT2D eigenvalue weighted by atomic mass is 10.0. The first-order chi connectivity index (χ1) is 38.2. The summed E-state index contributed by atoms with van der Waals surface area (Å²) in [6.07, 6.45) is 101. The molecule has 4 nitrogen and oxygen atoms in total. The average Bonchev–Trinajstić information content (AvgIpc) is 3.43. The van der Waals surface area contributed by atoms with Crippen LogP contribution in [0.2, 0.25) is 0 Å². The molecule has 77 heavy (non-hydrogen) atoms. The molecule has 0 spiro atoms. The van der Waals surface area contributed by atoms with Crippen molar-refractivity contribution in [3.05, 3.63) is 97.2 Å². The van der Waals surface area contributed by atoms with E-state index < -0.39 is 12.1 Å². The van der Waals surface area contributed by atoms with Crippen LogP contribution in [0.3, 0.4) is 0 Å². The zero-order valence-corrected chi connectivity index (χ0v) is 51.5. The van der Waals surface area contributed by atoms with Crippen molar-refractivity contribution in [3.63, 3.8) is 0 Å². The highest BCUT2D eigenvalue weighted by Crippen LogP contribution is 2.18. The lowest BCUT2D eigenvalue weighted by Crippen LogP contribution is -2.45. The van der Waals surface area contributed by atoms with Crippen LogP contribution in [0.1, 0.15) is 341 Å². The van der Waals surface area contributed by atoms with Crippen molar-refractivity contribution in [1.82, 2.24) is 5.32 Å². The van der Waals surface area contributed by atoms with Gasteiger partial charge in [0, 0.05) is 6.42 Å². The molecule has 0 aromatic heterocycles. The van der Waals surface area contributed by atoms with Gasteiger partial charge in [-0.25, -0.2) is 0 Å². The fourth-order valence-corrected chi connectivity index (χ4v) is 10.2. The molecule has 4 heteroatoms. The number of amides is 1. The quantitative estimate of drug-likeness (QED) is 0.0420. The Morgan fingerprint density at radius 2 is 0.584 bits per heavy atom. The van der Waals surface area contributed by atoms with Gasteiger partial charge in [-0.2, -0.15) is 0 Å². The Labute approximate surface area is 481 Å². The number of aliphatic hydroxyl groups is 2. The van der Waals surface area contributed by atoms with E-state index in [1.54, 1.807) is 6.08 Å². The maximum absolute atomic E-state index is 12.5. The monoisotopic (exact) mass is 1070 g/mol. The summed E-state index contributed by atoms with van der Waals surface area (Å²) in [6, 6.07) is -0.643. The van der Waals surface area contributed by atoms with Crippen LogP contribution in [0.25, 0.3) is 0 Å². The van der Waals surface area contributed by atoms with Crippen molar-refractivity contribution < 1.29 is 15.0 Å². The maximum atomic E-state index is 12.5. The summed E-state index contributed by atoms with van der Waals surface area (Å²) in [5.41, 5.74) is 0. The molecule has 0 radical (unpaired) electrons. The molecule has 0 aliphatic rings. The van der Waals surface area contributed by atoms with Crippen molar-refractivity contribution >= 4 is 5.91 Å². The average molecular weight is 1070 g/mol. The molecule has 2 atom stereocenters. The van der Waals surface area contributed by atoms with Gasteiger partial charge in [0.15, 0.2) is 0 Å². The van der Waals surface area contributed by atoms with Crippen LogP contribution in [0, 0.1) is 0 Å². The van der Waals surface area contributed by atoms with E-state index in [-0.39, 0.29) is 12.5 Å². The van der Waals surface area contributed by atoms with Crippen molar-refractivity contribution in [2.75, 3.05) is 6.61 Å². The first-order valence-corrected chi connectivity index (χ1v) is 34.0. The zero-order chi connectivity index (χ0) is 55.5. The van der Waals surface area contributed by atoms with E-state index in [9.17, 15) is 15.0 Å². The summed E-state index contributed by atoms with van der Waals surface area (Å²) >= 11 is 0. The third kappa shape index (κ3) is 64.0. The molecule has 3 N–H and O–H groups in total. The largest absolute Gasteiger partial charge is 0.394 e. The van der Waals surface area contributed by atoms with Crippen LogP contribution in [0.5, 0.6) is 0 Å². The van der Waals surface area contributed by atoms with E-state index in [1.807, 2.05) is 6.08 Å². The molecular weight excluding hydrogens is 939 g/mol. The lowest BCUT2D eigenvalue weighted by Gasteiger charge is -2.19. The van der Waals surface area contributed by atoms with Crippen LogP contribution >= 0.6 is 0 Å². The number of unbranched alkanes of at least 4 members (excludes halogenated alkanes) is 41. The number of allylic oxidation sites excluding steroid dienone is 15. The molecular formula is C73H131NO3. The molecule has 0 aromatic carbocycles. The van der Waals surface area contributed by atoms with Crippen LogP contribution in [0.4, 0.5) is 0 Å². The molecule has 0 heterocycles. The Morgan fingerprint density at radius 1 is 0.325 bits per heavy atom. The molecule has 0 rings (SSSR count). The first-order valence-electron chi connectivity index (χ1n) is 34.0. The second-order valence-electron chi connectivity index (χ2n) is 22.9. The van der Waals surface area contributed by atoms with E-state index in [2.05, 4.69) is 104 Å². The number of carbonyl (C=O) groups excluding carboxylic acids is 1. The van der Waals surface area contributed by atoms with Crippen molar-refractivity contribution in [2.45, 2.75) is 353 Å². The van der Waals surface area contributed by atoms with Gasteiger partial charge in [0.05, 0.1) is 18.8 Å². The Balaban J connectivity index is 3.49. The summed E-state index contributed by atoms with van der Waals surface area (Å²) in [5, 5.41) is 23.2. The first kappa shape index (κ1) is 74.3. The van der Waals surface area contributed by atoms with Gasteiger partial charge in [0.1, 0.15) is 0 Å². The summed E-state index contributed by atoms with van der Waals surface area (Å²) in [7, 11) is 0. The molecule has 446 valence electrons. The number of aliphatic hydroxyl groups excluding tert-OH is 2. The molecule has 0 aliphatic carbocycles. The van der Waals surface area contributed by atoms with Gasteiger partial charge in [0.25, 0.3) is 0 Å². The highest BCUT2D eigenvalue weighted by molar-refractivity contribution is 5.76. The van der Waals surface area contributed by atoms with E-state index in [4.69, 9.17) is 0 Å². The lowest BCUT2D eigenvalue weighted by molar-refractivity contribution is -0.123. The minimum atomic E-state index is -0.866. The van der Waals surface area contributed by atoms with Crippen LogP contribution in [0.15, 0.2) is 97.2 Å². The smallest absolute Gasteiger partial charge is 0.220 e. The fraction of sp³-hybridized carbons (Fsp3) is 0.767. The fourth-order valence-electron chi connectivity index (χ4n) is 10.2. The number of rotatable bonds is 62. The van der Waals surface area contributed by atoms with Gasteiger partial charge in [-0.05, 0) is 83.5 Å². The van der Waals surface area contributed by atoms with Gasteiger partial charge in [-0.15, -0.1) is 0 Å². The van der Waals surface area contributed by atoms with Crippen molar-refractivity contribution in [3.8, 4) is 0 Å². The number of carbonyl (C=O) groups is 1. The summed E-state index contributed by atoms with van der Waals surface area (Å²) in [4.78, 5) is 12.5. The van der Waals surface area contributed by atoms with Crippen LogP contribution in [-0.2, 0) is 4.79 Å². The normalized spacial score (nSPS) is 13.4. The Bertz CT molecular complexity index is 1400. The minimum Gasteiger partial charge on any atom is -0.394 e. The summed E-state index contributed by atoms with van der Waals surface area (Å²) < 4.78 is 0.